The number of rotatable bonds is 6. The highest BCUT2D eigenvalue weighted by Gasteiger charge is 2.21. The van der Waals surface area contributed by atoms with Crippen LogP contribution in [0.2, 0.25) is 5.02 Å². The first-order valence-electron chi connectivity index (χ1n) is 9.21. The number of carbonyl (C=O) groups excluding carboxylic acids is 2. The van der Waals surface area contributed by atoms with Crippen LogP contribution in [0.4, 0.5) is 17.1 Å². The molecule has 3 rings (SSSR count). The number of methoxy groups -OCH3 is 1. The topological polar surface area (TPSA) is 70.7 Å². The maximum Gasteiger partial charge on any atom is 0.246 e. The lowest BCUT2D eigenvalue weighted by atomic mass is 10.2. The first kappa shape index (κ1) is 20.0. The van der Waals surface area contributed by atoms with E-state index in [2.05, 4.69) is 10.6 Å². The fourth-order valence-corrected chi connectivity index (χ4v) is 3.30. The van der Waals surface area contributed by atoms with E-state index in [1.165, 1.54) is 7.11 Å². The van der Waals surface area contributed by atoms with Crippen molar-refractivity contribution in [3.63, 3.8) is 0 Å². The zero-order chi connectivity index (χ0) is 20.3. The van der Waals surface area contributed by atoms with Crippen molar-refractivity contribution < 1.29 is 14.3 Å². The van der Waals surface area contributed by atoms with Gasteiger partial charge in [-0.15, -0.1) is 0 Å². The molecule has 7 heteroatoms. The summed E-state index contributed by atoms with van der Waals surface area (Å²) in [5.74, 6) is 0.468. The van der Waals surface area contributed by atoms with E-state index in [-0.39, 0.29) is 11.8 Å². The summed E-state index contributed by atoms with van der Waals surface area (Å²) in [6.45, 7) is 4.40. The smallest absolute Gasteiger partial charge is 0.246 e. The van der Waals surface area contributed by atoms with Crippen LogP contribution in [0.15, 0.2) is 36.4 Å². The largest absolute Gasteiger partial charge is 0.495 e. The lowest BCUT2D eigenvalue weighted by molar-refractivity contribution is -0.117. The third kappa shape index (κ3) is 4.39. The van der Waals surface area contributed by atoms with Gasteiger partial charge in [-0.3, -0.25) is 9.59 Å². The Morgan fingerprint density at radius 2 is 1.96 bits per heavy atom. The number of carbonyl (C=O) groups is 2. The molecule has 2 N–H and O–H groups in total. The molecule has 2 aromatic rings. The highest BCUT2D eigenvalue weighted by Crippen LogP contribution is 2.31. The minimum Gasteiger partial charge on any atom is -0.495 e. The Hall–Kier alpha value is -2.73. The maximum atomic E-state index is 12.6. The van der Waals surface area contributed by atoms with Crippen LogP contribution in [-0.4, -0.2) is 31.5 Å². The molecule has 1 aliphatic heterocycles. The van der Waals surface area contributed by atoms with Crippen LogP contribution in [0.1, 0.15) is 25.3 Å². The predicted molar refractivity (Wildman–Crippen MR) is 112 cm³/mol. The molecule has 0 bridgehead atoms. The number of nitrogens with one attached hydrogen (secondary N) is 2. The molecule has 28 heavy (non-hydrogen) atoms. The second kappa shape index (κ2) is 8.52. The summed E-state index contributed by atoms with van der Waals surface area (Å²) < 4.78 is 5.30. The Kier molecular flexibility index (Phi) is 6.09. The number of halogens is 1. The quantitative estimate of drug-likeness (QED) is 0.760. The Morgan fingerprint density at radius 3 is 2.57 bits per heavy atom. The van der Waals surface area contributed by atoms with Gasteiger partial charge in [-0.25, -0.2) is 0 Å². The van der Waals surface area contributed by atoms with Gasteiger partial charge in [0.15, 0.2) is 0 Å². The van der Waals surface area contributed by atoms with Crippen molar-refractivity contribution in [1.29, 1.82) is 0 Å². The van der Waals surface area contributed by atoms with Crippen molar-refractivity contribution in [2.75, 3.05) is 29.2 Å². The van der Waals surface area contributed by atoms with E-state index in [0.717, 1.165) is 29.9 Å². The number of hydrogen-bond donors (Lipinski definition) is 2. The van der Waals surface area contributed by atoms with E-state index in [9.17, 15) is 9.59 Å². The standard InChI is InChI=1S/C21H24ClN3O3/c1-13-11-18(19(28-3)12-17(13)22)24-21(27)14(2)23-15-6-8-16(9-7-15)25-10-4-5-20(25)26/h6-9,11-12,14,23H,4-5,10H2,1-3H3,(H,24,27). The summed E-state index contributed by atoms with van der Waals surface area (Å²) >= 11 is 6.11. The maximum absolute atomic E-state index is 12.6. The van der Waals surface area contributed by atoms with Crippen molar-refractivity contribution in [3.8, 4) is 5.75 Å². The van der Waals surface area contributed by atoms with E-state index in [4.69, 9.17) is 16.3 Å². The summed E-state index contributed by atoms with van der Waals surface area (Å²) in [6, 6.07) is 10.5. The van der Waals surface area contributed by atoms with Crippen LogP contribution in [-0.2, 0) is 9.59 Å². The summed E-state index contributed by atoms with van der Waals surface area (Å²) in [5.41, 5.74) is 3.11. The van der Waals surface area contributed by atoms with Crippen molar-refractivity contribution in [2.24, 2.45) is 0 Å². The number of amides is 2. The average molecular weight is 402 g/mol. The first-order valence-corrected chi connectivity index (χ1v) is 9.59. The number of benzene rings is 2. The molecule has 0 aliphatic carbocycles. The molecule has 148 valence electrons. The predicted octanol–water partition coefficient (Wildman–Crippen LogP) is 4.22. The molecule has 2 aromatic carbocycles. The number of anilines is 3. The molecule has 0 aromatic heterocycles. The molecule has 6 nitrogen and oxygen atoms in total. The summed E-state index contributed by atoms with van der Waals surface area (Å²) in [6.07, 6.45) is 1.49. The molecule has 0 spiro atoms. The van der Waals surface area contributed by atoms with Gasteiger partial charge in [-0.05, 0) is 56.2 Å². The third-order valence-corrected chi connectivity index (χ3v) is 5.17. The van der Waals surface area contributed by atoms with Crippen molar-refractivity contribution in [3.05, 3.63) is 47.0 Å². The monoisotopic (exact) mass is 401 g/mol. The van der Waals surface area contributed by atoms with Gasteiger partial charge in [0.2, 0.25) is 11.8 Å². The second-order valence-corrected chi connectivity index (χ2v) is 7.26. The third-order valence-electron chi connectivity index (χ3n) is 4.77. The molecule has 1 saturated heterocycles. The Bertz CT molecular complexity index is 883. The summed E-state index contributed by atoms with van der Waals surface area (Å²) in [7, 11) is 1.53. The van der Waals surface area contributed by atoms with Crippen LogP contribution in [0.25, 0.3) is 0 Å². The average Bonchev–Trinajstić information content (AvgIpc) is 3.11. The van der Waals surface area contributed by atoms with Gasteiger partial charge < -0.3 is 20.3 Å². The van der Waals surface area contributed by atoms with E-state index in [1.807, 2.05) is 31.2 Å². The van der Waals surface area contributed by atoms with Gasteiger partial charge in [-0.2, -0.15) is 0 Å². The van der Waals surface area contributed by atoms with E-state index in [1.54, 1.807) is 24.0 Å². The van der Waals surface area contributed by atoms with Gasteiger partial charge in [0.25, 0.3) is 0 Å². The number of ether oxygens (including phenoxy) is 1. The van der Waals surface area contributed by atoms with Crippen molar-refractivity contribution in [2.45, 2.75) is 32.7 Å². The number of hydrogen-bond acceptors (Lipinski definition) is 4. The molecular weight excluding hydrogens is 378 g/mol. The molecule has 0 saturated carbocycles. The second-order valence-electron chi connectivity index (χ2n) is 6.85. The fourth-order valence-electron chi connectivity index (χ4n) is 3.15. The normalized spacial score (nSPS) is 14.7. The molecular formula is C21H24ClN3O3. The van der Waals surface area contributed by atoms with Gasteiger partial charge in [-0.1, -0.05) is 11.6 Å². The summed E-state index contributed by atoms with van der Waals surface area (Å²) in [5, 5.41) is 6.63. The fraction of sp³-hybridized carbons (Fsp3) is 0.333. The van der Waals surface area contributed by atoms with E-state index < -0.39 is 6.04 Å². The molecule has 1 unspecified atom stereocenters. The van der Waals surface area contributed by atoms with Gasteiger partial charge in [0, 0.05) is 35.4 Å². The molecule has 2 amide bonds. The molecule has 1 heterocycles. The highest BCUT2D eigenvalue weighted by molar-refractivity contribution is 6.31. The Labute approximate surface area is 169 Å². The zero-order valence-electron chi connectivity index (χ0n) is 16.2. The van der Waals surface area contributed by atoms with Crippen LogP contribution in [0.3, 0.4) is 0 Å². The van der Waals surface area contributed by atoms with Crippen molar-refractivity contribution >= 4 is 40.5 Å². The summed E-state index contributed by atoms with van der Waals surface area (Å²) in [4.78, 5) is 26.2. The molecule has 1 fully saturated rings. The Balaban J connectivity index is 1.64. The Morgan fingerprint density at radius 1 is 1.25 bits per heavy atom. The lowest BCUT2D eigenvalue weighted by Crippen LogP contribution is -2.32. The minimum absolute atomic E-state index is 0.153. The SMILES string of the molecule is COc1cc(Cl)c(C)cc1NC(=O)C(C)Nc1ccc(N2CCCC2=O)cc1. The highest BCUT2D eigenvalue weighted by atomic mass is 35.5. The van der Waals surface area contributed by atoms with Gasteiger partial charge in [0.05, 0.1) is 12.8 Å². The minimum atomic E-state index is -0.472. The van der Waals surface area contributed by atoms with Crippen LogP contribution in [0, 0.1) is 6.92 Å². The number of aryl methyl sites for hydroxylation is 1. The van der Waals surface area contributed by atoms with Crippen LogP contribution < -0.4 is 20.3 Å². The van der Waals surface area contributed by atoms with Crippen molar-refractivity contribution in [1.82, 2.24) is 0 Å². The molecule has 1 aliphatic rings. The zero-order valence-corrected chi connectivity index (χ0v) is 17.0. The van der Waals surface area contributed by atoms with E-state index in [0.29, 0.717) is 22.9 Å². The van der Waals surface area contributed by atoms with E-state index >= 15 is 0 Å². The number of nitrogens with zero attached hydrogens (tertiary/aromatic N) is 1. The molecule has 0 radical (unpaired) electrons. The van der Waals surface area contributed by atoms with Crippen LogP contribution >= 0.6 is 11.6 Å². The molecule has 1 atom stereocenters. The van der Waals surface area contributed by atoms with Crippen LogP contribution in [0.5, 0.6) is 5.75 Å². The first-order chi connectivity index (χ1) is 13.4. The van der Waals surface area contributed by atoms with Gasteiger partial charge >= 0.3 is 0 Å². The van der Waals surface area contributed by atoms with Gasteiger partial charge in [0.1, 0.15) is 11.8 Å². The lowest BCUT2D eigenvalue weighted by Gasteiger charge is -2.19.